The molecule has 0 radical (unpaired) electrons. The van der Waals surface area contributed by atoms with Gasteiger partial charge in [-0.25, -0.2) is 18.7 Å². The molecule has 0 atom stereocenters. The van der Waals surface area contributed by atoms with Crippen LogP contribution in [0.2, 0.25) is 0 Å². The second-order valence-electron chi connectivity index (χ2n) is 3.86. The van der Waals surface area contributed by atoms with E-state index in [1.807, 2.05) is 4.90 Å². The summed E-state index contributed by atoms with van der Waals surface area (Å²) >= 11 is 3.26. The van der Waals surface area contributed by atoms with Gasteiger partial charge in [-0.05, 0) is 28.8 Å². The van der Waals surface area contributed by atoms with Crippen LogP contribution in [0, 0.1) is 5.92 Å². The number of piperidine rings is 1. The zero-order valence-electron chi connectivity index (χ0n) is 8.61. The van der Waals surface area contributed by atoms with Gasteiger partial charge in [-0.2, -0.15) is 0 Å². The van der Waals surface area contributed by atoms with Gasteiger partial charge in [-0.1, -0.05) is 0 Å². The molecule has 0 amide bonds. The number of aromatic nitrogens is 2. The Hall–Kier alpha value is -0.780. The third kappa shape index (κ3) is 2.66. The Labute approximate surface area is 101 Å². The highest BCUT2D eigenvalue weighted by Gasteiger charge is 2.26. The summed E-state index contributed by atoms with van der Waals surface area (Å²) < 4.78 is 25.7. The summed E-state index contributed by atoms with van der Waals surface area (Å²) in [5.74, 6) is 0.155. The number of halogens is 3. The largest absolute Gasteiger partial charge is 0.341 e. The maximum absolute atomic E-state index is 12.4. The quantitative estimate of drug-likeness (QED) is 0.839. The fourth-order valence-electron chi connectivity index (χ4n) is 1.82. The summed E-state index contributed by atoms with van der Waals surface area (Å²) in [4.78, 5) is 10.3. The Morgan fingerprint density at radius 2 is 1.81 bits per heavy atom. The summed E-state index contributed by atoms with van der Waals surface area (Å²) in [7, 11) is 0. The van der Waals surface area contributed by atoms with Crippen molar-refractivity contribution in [3.8, 4) is 0 Å². The third-order valence-corrected chi connectivity index (χ3v) is 3.20. The monoisotopic (exact) mass is 291 g/mol. The first-order chi connectivity index (χ1) is 7.66. The second-order valence-corrected chi connectivity index (χ2v) is 4.78. The highest BCUT2D eigenvalue weighted by molar-refractivity contribution is 9.10. The standard InChI is InChI=1S/C10H12BrF2N3/c11-8-5-14-10(15-6-8)16-3-1-7(2-4-16)9(12)13/h5-7,9H,1-4H2. The van der Waals surface area contributed by atoms with Crippen LogP contribution in [0.25, 0.3) is 0 Å². The van der Waals surface area contributed by atoms with Crippen molar-refractivity contribution in [2.45, 2.75) is 19.3 Å². The topological polar surface area (TPSA) is 29.0 Å². The van der Waals surface area contributed by atoms with E-state index in [2.05, 4.69) is 25.9 Å². The molecule has 1 aromatic heterocycles. The van der Waals surface area contributed by atoms with Crippen LogP contribution in [0.3, 0.4) is 0 Å². The number of hydrogen-bond donors (Lipinski definition) is 0. The zero-order chi connectivity index (χ0) is 11.5. The molecule has 0 spiro atoms. The van der Waals surface area contributed by atoms with E-state index in [9.17, 15) is 8.78 Å². The molecular weight excluding hydrogens is 280 g/mol. The van der Waals surface area contributed by atoms with Crippen LogP contribution < -0.4 is 4.90 Å². The number of rotatable bonds is 2. The van der Waals surface area contributed by atoms with Gasteiger partial charge in [0.2, 0.25) is 12.4 Å². The lowest BCUT2D eigenvalue weighted by molar-refractivity contribution is 0.0634. The molecule has 0 unspecified atom stereocenters. The van der Waals surface area contributed by atoms with Crippen molar-refractivity contribution in [2.24, 2.45) is 5.92 Å². The van der Waals surface area contributed by atoms with Crippen molar-refractivity contribution >= 4 is 21.9 Å². The Balaban J connectivity index is 1.96. The third-order valence-electron chi connectivity index (χ3n) is 2.79. The highest BCUT2D eigenvalue weighted by atomic mass is 79.9. The van der Waals surface area contributed by atoms with Crippen LogP contribution in [0.15, 0.2) is 16.9 Å². The minimum Gasteiger partial charge on any atom is -0.341 e. The van der Waals surface area contributed by atoms with Crippen LogP contribution in [-0.4, -0.2) is 29.5 Å². The predicted octanol–water partition coefficient (Wildman–Crippen LogP) is 2.72. The van der Waals surface area contributed by atoms with E-state index in [1.54, 1.807) is 12.4 Å². The maximum Gasteiger partial charge on any atom is 0.241 e. The van der Waals surface area contributed by atoms with Gasteiger partial charge in [0.15, 0.2) is 0 Å². The predicted molar refractivity (Wildman–Crippen MR) is 60.7 cm³/mol. The molecule has 1 saturated heterocycles. The Kier molecular flexibility index (Phi) is 3.68. The Morgan fingerprint density at radius 3 is 2.31 bits per heavy atom. The van der Waals surface area contributed by atoms with E-state index in [0.29, 0.717) is 31.9 Å². The first-order valence-electron chi connectivity index (χ1n) is 5.17. The molecule has 1 aliphatic heterocycles. The van der Waals surface area contributed by atoms with Gasteiger partial charge in [-0.15, -0.1) is 0 Å². The lowest BCUT2D eigenvalue weighted by Gasteiger charge is -2.31. The Morgan fingerprint density at radius 1 is 1.25 bits per heavy atom. The minimum atomic E-state index is -2.20. The van der Waals surface area contributed by atoms with Gasteiger partial charge in [0.25, 0.3) is 0 Å². The summed E-state index contributed by atoms with van der Waals surface area (Å²) in [6.07, 6.45) is 2.16. The van der Waals surface area contributed by atoms with Gasteiger partial charge in [0.05, 0.1) is 4.47 Å². The normalized spacial score (nSPS) is 18.1. The van der Waals surface area contributed by atoms with Crippen molar-refractivity contribution in [3.05, 3.63) is 16.9 Å². The molecule has 1 fully saturated rings. The number of alkyl halides is 2. The summed E-state index contributed by atoms with van der Waals surface area (Å²) in [5, 5.41) is 0. The SMILES string of the molecule is FC(F)C1CCN(c2ncc(Br)cn2)CC1. The van der Waals surface area contributed by atoms with Gasteiger partial charge in [0.1, 0.15) is 0 Å². The molecule has 1 aliphatic rings. The molecule has 3 nitrogen and oxygen atoms in total. The lowest BCUT2D eigenvalue weighted by Crippen LogP contribution is -2.36. The van der Waals surface area contributed by atoms with Crippen LogP contribution in [-0.2, 0) is 0 Å². The van der Waals surface area contributed by atoms with E-state index in [0.717, 1.165) is 4.47 Å². The van der Waals surface area contributed by atoms with Crippen LogP contribution in [0.1, 0.15) is 12.8 Å². The summed E-state index contributed by atoms with van der Waals surface area (Å²) in [5.41, 5.74) is 0. The molecule has 0 aromatic carbocycles. The smallest absolute Gasteiger partial charge is 0.241 e. The fraction of sp³-hybridized carbons (Fsp3) is 0.600. The molecule has 16 heavy (non-hydrogen) atoms. The minimum absolute atomic E-state index is 0.466. The van der Waals surface area contributed by atoms with E-state index < -0.39 is 12.3 Å². The fourth-order valence-corrected chi connectivity index (χ4v) is 2.02. The van der Waals surface area contributed by atoms with Gasteiger partial charge < -0.3 is 4.90 Å². The average molecular weight is 292 g/mol. The van der Waals surface area contributed by atoms with Crippen molar-refractivity contribution in [3.63, 3.8) is 0 Å². The second kappa shape index (κ2) is 5.03. The number of hydrogen-bond acceptors (Lipinski definition) is 3. The molecular formula is C10H12BrF2N3. The van der Waals surface area contributed by atoms with Crippen LogP contribution >= 0.6 is 15.9 Å². The molecule has 0 aliphatic carbocycles. The summed E-state index contributed by atoms with van der Waals surface area (Å²) in [6.45, 7) is 1.22. The Bertz CT molecular complexity index is 336. The van der Waals surface area contributed by atoms with Gasteiger partial charge in [0, 0.05) is 31.4 Å². The molecule has 2 rings (SSSR count). The van der Waals surface area contributed by atoms with E-state index >= 15 is 0 Å². The average Bonchev–Trinajstić information content (AvgIpc) is 2.30. The first-order valence-corrected chi connectivity index (χ1v) is 5.97. The molecule has 0 bridgehead atoms. The van der Waals surface area contributed by atoms with Crippen molar-refractivity contribution in [2.75, 3.05) is 18.0 Å². The molecule has 1 aromatic rings. The summed E-state index contributed by atoms with van der Waals surface area (Å²) in [6, 6.07) is 0. The molecule has 6 heteroatoms. The molecule has 2 heterocycles. The van der Waals surface area contributed by atoms with Crippen molar-refractivity contribution in [1.82, 2.24) is 9.97 Å². The van der Waals surface area contributed by atoms with Gasteiger partial charge >= 0.3 is 0 Å². The van der Waals surface area contributed by atoms with Gasteiger partial charge in [-0.3, -0.25) is 0 Å². The molecule has 88 valence electrons. The van der Waals surface area contributed by atoms with Crippen molar-refractivity contribution < 1.29 is 8.78 Å². The lowest BCUT2D eigenvalue weighted by atomic mass is 9.98. The van der Waals surface area contributed by atoms with Crippen molar-refractivity contribution in [1.29, 1.82) is 0 Å². The zero-order valence-corrected chi connectivity index (χ0v) is 10.2. The molecule has 0 saturated carbocycles. The number of anilines is 1. The number of nitrogens with zero attached hydrogens (tertiary/aromatic N) is 3. The highest BCUT2D eigenvalue weighted by Crippen LogP contribution is 2.25. The van der Waals surface area contributed by atoms with E-state index in [1.165, 1.54) is 0 Å². The maximum atomic E-state index is 12.4. The molecule has 0 N–H and O–H groups in total. The van der Waals surface area contributed by atoms with Crippen LogP contribution in [0.4, 0.5) is 14.7 Å². The van der Waals surface area contributed by atoms with Crippen LogP contribution in [0.5, 0.6) is 0 Å². The van der Waals surface area contributed by atoms with E-state index in [-0.39, 0.29) is 0 Å². The van der Waals surface area contributed by atoms with E-state index in [4.69, 9.17) is 0 Å². The first kappa shape index (κ1) is 11.7.